The number of rotatable bonds is 5. The van der Waals surface area contributed by atoms with Crippen LogP contribution in [0.2, 0.25) is 0 Å². The van der Waals surface area contributed by atoms with Gasteiger partial charge in [0.05, 0.1) is 16.7 Å². The molecule has 0 radical (unpaired) electrons. The predicted molar refractivity (Wildman–Crippen MR) is 121 cm³/mol. The molecule has 8 nitrogen and oxygen atoms in total. The van der Waals surface area contributed by atoms with Crippen molar-refractivity contribution in [3.05, 3.63) is 73.4 Å². The van der Waals surface area contributed by atoms with E-state index in [1.165, 1.54) is 5.56 Å². The maximum atomic E-state index is 12.4. The first-order valence-electron chi connectivity index (χ1n) is 10.3. The largest absolute Gasteiger partial charge is 0.349 e. The van der Waals surface area contributed by atoms with E-state index >= 15 is 0 Å². The molecule has 0 atom stereocenters. The second kappa shape index (κ2) is 7.55. The zero-order chi connectivity index (χ0) is 21.5. The Hall–Kier alpha value is -3.65. The second-order valence-corrected chi connectivity index (χ2v) is 7.89. The number of benzene rings is 2. The van der Waals surface area contributed by atoms with E-state index < -0.39 is 11.2 Å². The van der Waals surface area contributed by atoms with E-state index in [4.69, 9.17) is 0 Å². The van der Waals surface area contributed by atoms with Gasteiger partial charge in [-0.15, -0.1) is 0 Å². The summed E-state index contributed by atoms with van der Waals surface area (Å²) in [6.07, 6.45) is 2.83. The molecule has 0 spiro atoms. The molecule has 0 saturated heterocycles. The van der Waals surface area contributed by atoms with Gasteiger partial charge in [-0.25, -0.2) is 9.78 Å². The van der Waals surface area contributed by atoms with Crippen LogP contribution in [0, 0.1) is 13.8 Å². The van der Waals surface area contributed by atoms with Gasteiger partial charge in [0, 0.05) is 32.3 Å². The first-order valence-corrected chi connectivity index (χ1v) is 10.3. The van der Waals surface area contributed by atoms with Crippen molar-refractivity contribution in [2.75, 3.05) is 6.54 Å². The summed E-state index contributed by atoms with van der Waals surface area (Å²) in [6, 6.07) is 10.3. The summed E-state index contributed by atoms with van der Waals surface area (Å²) in [5.74, 6) is 0.304. The maximum Gasteiger partial charge on any atom is 0.349 e. The molecule has 0 amide bonds. The van der Waals surface area contributed by atoms with Crippen LogP contribution in [0.1, 0.15) is 22.3 Å². The highest BCUT2D eigenvalue weighted by Crippen LogP contribution is 2.25. The number of H-pyrrole nitrogens is 1. The van der Waals surface area contributed by atoms with Crippen LogP contribution in [0.5, 0.6) is 0 Å². The monoisotopic (exact) mass is 414 g/mol. The van der Waals surface area contributed by atoms with Crippen LogP contribution < -0.4 is 16.6 Å². The highest BCUT2D eigenvalue weighted by atomic mass is 16.2. The molecule has 5 rings (SSSR count). The summed E-state index contributed by atoms with van der Waals surface area (Å²) in [4.78, 5) is 39.4. The topological polar surface area (TPSA) is 105 Å². The fraction of sp³-hybridized carbons (Fsp3) is 0.261. The lowest BCUT2D eigenvalue weighted by Crippen LogP contribution is -2.30. The number of aromatic amines is 1. The van der Waals surface area contributed by atoms with Crippen molar-refractivity contribution < 1.29 is 0 Å². The lowest BCUT2D eigenvalue weighted by atomic mass is 10.1. The van der Waals surface area contributed by atoms with Gasteiger partial charge in [0.15, 0.2) is 11.5 Å². The third-order valence-corrected chi connectivity index (χ3v) is 5.76. The van der Waals surface area contributed by atoms with Gasteiger partial charge in [0.1, 0.15) is 0 Å². The van der Waals surface area contributed by atoms with Crippen molar-refractivity contribution in [1.29, 1.82) is 0 Å². The number of hydrogen-bond donors (Lipinski definition) is 2. The molecule has 2 N–H and O–H groups in total. The molecule has 3 aliphatic rings. The van der Waals surface area contributed by atoms with Crippen LogP contribution in [0.25, 0.3) is 22.6 Å². The highest BCUT2D eigenvalue weighted by Gasteiger charge is 2.19. The zero-order valence-corrected chi connectivity index (χ0v) is 17.4. The molecule has 0 unspecified atom stereocenters. The van der Waals surface area contributed by atoms with Crippen LogP contribution in [0.3, 0.4) is 0 Å². The standard InChI is InChI=1S/C23H22N6O2/c1-13-9-18-19(10-14(13)2)29(21-20(26-18)22(30)28-23(31)27-21)8-7-24-12-15-3-4-16-5-6-25-17(16)11-15/h3-4,6,9-11,24H,5,7-8,12H2,1-2H3,(H,28,30,31). The van der Waals surface area contributed by atoms with Crippen molar-refractivity contribution in [3.8, 4) is 11.5 Å². The third kappa shape index (κ3) is 3.55. The van der Waals surface area contributed by atoms with Gasteiger partial charge in [-0.3, -0.25) is 14.8 Å². The molecule has 156 valence electrons. The average Bonchev–Trinajstić information content (AvgIpc) is 3.20. The molecule has 3 aliphatic heterocycles. The van der Waals surface area contributed by atoms with E-state index in [9.17, 15) is 9.59 Å². The minimum absolute atomic E-state index is 0.173. The van der Waals surface area contributed by atoms with E-state index in [2.05, 4.69) is 43.5 Å². The lowest BCUT2D eigenvalue weighted by Gasteiger charge is -2.18. The van der Waals surface area contributed by atoms with Crippen molar-refractivity contribution >= 4 is 22.9 Å². The van der Waals surface area contributed by atoms with Crippen molar-refractivity contribution in [2.24, 2.45) is 4.99 Å². The average molecular weight is 414 g/mol. The Morgan fingerprint density at radius 3 is 2.81 bits per heavy atom. The smallest absolute Gasteiger partial charge is 0.321 e. The van der Waals surface area contributed by atoms with E-state index in [1.807, 2.05) is 36.8 Å². The molecule has 0 saturated carbocycles. The summed E-state index contributed by atoms with van der Waals surface area (Å²) >= 11 is 0. The summed E-state index contributed by atoms with van der Waals surface area (Å²) in [6.45, 7) is 5.91. The Morgan fingerprint density at radius 1 is 1.10 bits per heavy atom. The van der Waals surface area contributed by atoms with E-state index in [1.54, 1.807) is 0 Å². The van der Waals surface area contributed by atoms with Gasteiger partial charge >= 0.3 is 5.69 Å². The molecular formula is C23H22N6O2. The molecule has 0 aliphatic carbocycles. The summed E-state index contributed by atoms with van der Waals surface area (Å²) < 4.78 is 1.90. The molecule has 0 bridgehead atoms. The van der Waals surface area contributed by atoms with E-state index in [0.717, 1.165) is 34.3 Å². The Balaban J connectivity index is 1.46. The summed E-state index contributed by atoms with van der Waals surface area (Å²) in [5.41, 5.74) is 6.20. The Kier molecular flexibility index (Phi) is 4.71. The fourth-order valence-electron chi connectivity index (χ4n) is 3.95. The van der Waals surface area contributed by atoms with E-state index in [0.29, 0.717) is 31.0 Å². The summed E-state index contributed by atoms with van der Waals surface area (Å²) in [5, 5.41) is 3.44. The molecule has 2 aromatic rings. The van der Waals surface area contributed by atoms with Gasteiger partial charge in [0.25, 0.3) is 5.56 Å². The Labute approximate surface area is 178 Å². The minimum atomic E-state index is -0.664. The van der Waals surface area contributed by atoms with Gasteiger partial charge in [-0.1, -0.05) is 12.1 Å². The van der Waals surface area contributed by atoms with Crippen LogP contribution in [-0.2, 0) is 19.5 Å². The molecular weight excluding hydrogens is 392 g/mol. The number of aromatic nitrogens is 4. The number of aryl methyl sites for hydroxylation is 2. The number of hydrogen-bond acceptors (Lipinski definition) is 6. The number of fused-ring (bicyclic) bond motifs is 3. The SMILES string of the molecule is Cc1cc2nc3c(=O)[nH]c(=O)nc-3n(CCNCc3ccc4c(c3)N=CC4)c2cc1C. The highest BCUT2D eigenvalue weighted by molar-refractivity contribution is 5.81. The zero-order valence-electron chi connectivity index (χ0n) is 17.4. The van der Waals surface area contributed by atoms with Gasteiger partial charge < -0.3 is 9.88 Å². The molecule has 0 aromatic heterocycles. The quantitative estimate of drug-likeness (QED) is 0.385. The second-order valence-electron chi connectivity index (χ2n) is 7.89. The van der Waals surface area contributed by atoms with Crippen molar-refractivity contribution in [3.63, 3.8) is 0 Å². The van der Waals surface area contributed by atoms with Gasteiger partial charge in [-0.05, 0) is 54.3 Å². The molecule has 3 heterocycles. The Morgan fingerprint density at radius 2 is 1.94 bits per heavy atom. The fourth-order valence-corrected chi connectivity index (χ4v) is 3.95. The molecule has 31 heavy (non-hydrogen) atoms. The maximum absolute atomic E-state index is 12.4. The first kappa shape index (κ1) is 19.3. The Bertz CT molecular complexity index is 1430. The predicted octanol–water partition coefficient (Wildman–Crippen LogP) is 2.25. The van der Waals surface area contributed by atoms with Gasteiger partial charge in [-0.2, -0.15) is 4.98 Å². The van der Waals surface area contributed by atoms with Crippen LogP contribution >= 0.6 is 0 Å². The van der Waals surface area contributed by atoms with E-state index in [-0.39, 0.29) is 5.69 Å². The normalized spacial score (nSPS) is 12.7. The van der Waals surface area contributed by atoms with Crippen LogP contribution in [0.4, 0.5) is 5.69 Å². The van der Waals surface area contributed by atoms with Crippen LogP contribution in [0.15, 0.2) is 44.9 Å². The lowest BCUT2D eigenvalue weighted by molar-refractivity contribution is 0.603. The molecule has 0 fully saturated rings. The molecule has 2 aromatic carbocycles. The van der Waals surface area contributed by atoms with Gasteiger partial charge in [0.2, 0.25) is 0 Å². The van der Waals surface area contributed by atoms with Crippen molar-refractivity contribution in [1.82, 2.24) is 24.8 Å². The third-order valence-electron chi connectivity index (χ3n) is 5.76. The summed E-state index contributed by atoms with van der Waals surface area (Å²) in [7, 11) is 0. The number of nitrogens with zero attached hydrogens (tertiary/aromatic N) is 4. The first-order chi connectivity index (χ1) is 15.0. The molecule has 8 heteroatoms. The van der Waals surface area contributed by atoms with Crippen LogP contribution in [-0.4, -0.2) is 32.3 Å². The minimum Gasteiger partial charge on any atom is -0.321 e. The van der Waals surface area contributed by atoms with Crippen molar-refractivity contribution in [2.45, 2.75) is 33.4 Å². The number of nitrogens with one attached hydrogen (secondary N) is 2. The number of aliphatic imine (C=N–C) groups is 1.